The zero-order valence-electron chi connectivity index (χ0n) is 16.9. The molecule has 0 radical (unpaired) electrons. The molecular weight excluding hydrogens is 388 g/mol. The topological polar surface area (TPSA) is 82.2 Å². The van der Waals surface area contributed by atoms with Crippen LogP contribution in [0.25, 0.3) is 22.4 Å². The largest absolute Gasteiger partial charge is 0.457 e. The van der Waals surface area contributed by atoms with Gasteiger partial charge in [0, 0.05) is 18.7 Å². The van der Waals surface area contributed by atoms with Gasteiger partial charge in [-0.3, -0.25) is 4.79 Å². The highest BCUT2D eigenvalue weighted by molar-refractivity contribution is 6.05. The van der Waals surface area contributed by atoms with E-state index < -0.39 is 5.91 Å². The Morgan fingerprint density at radius 3 is 2.32 bits per heavy atom. The molecule has 0 saturated carbocycles. The quantitative estimate of drug-likeness (QED) is 0.489. The fourth-order valence-corrected chi connectivity index (χ4v) is 3.93. The second-order valence-corrected chi connectivity index (χ2v) is 7.43. The van der Waals surface area contributed by atoms with Gasteiger partial charge in [-0.25, -0.2) is 4.68 Å². The van der Waals surface area contributed by atoms with Crippen LogP contribution in [0.1, 0.15) is 16.8 Å². The van der Waals surface area contributed by atoms with Crippen molar-refractivity contribution in [2.45, 2.75) is 13.0 Å². The van der Waals surface area contributed by atoms with Crippen LogP contribution in [0.2, 0.25) is 0 Å². The lowest BCUT2D eigenvalue weighted by molar-refractivity contribution is 0.100. The van der Waals surface area contributed by atoms with Gasteiger partial charge in [-0.1, -0.05) is 54.6 Å². The molecule has 0 atom stereocenters. The molecule has 0 fully saturated rings. The molecule has 0 aliphatic carbocycles. The number of aromatic nitrogens is 2. The summed E-state index contributed by atoms with van der Waals surface area (Å²) in [5.74, 6) is 1.77. The average Bonchev–Trinajstić information content (AvgIpc) is 3.20. The molecule has 3 N–H and O–H groups in total. The van der Waals surface area contributed by atoms with E-state index in [-0.39, 0.29) is 0 Å². The van der Waals surface area contributed by atoms with Crippen molar-refractivity contribution in [3.05, 3.63) is 84.4 Å². The van der Waals surface area contributed by atoms with Crippen LogP contribution < -0.4 is 15.8 Å². The lowest BCUT2D eigenvalue weighted by atomic mass is 9.95. The number of aryl methyl sites for hydroxylation is 1. The molecule has 4 aromatic rings. The van der Waals surface area contributed by atoms with Crippen molar-refractivity contribution in [2.24, 2.45) is 5.73 Å². The minimum atomic E-state index is -0.480. The first kappa shape index (κ1) is 18.9. The summed E-state index contributed by atoms with van der Waals surface area (Å²) < 4.78 is 7.74. The zero-order chi connectivity index (χ0) is 21.2. The summed E-state index contributed by atoms with van der Waals surface area (Å²) in [6.45, 7) is 1.56. The number of primary amides is 1. The van der Waals surface area contributed by atoms with Crippen LogP contribution in [0.4, 0.5) is 5.82 Å². The van der Waals surface area contributed by atoms with Gasteiger partial charge < -0.3 is 15.8 Å². The van der Waals surface area contributed by atoms with Crippen molar-refractivity contribution in [3.63, 3.8) is 0 Å². The smallest absolute Gasteiger partial charge is 0.254 e. The van der Waals surface area contributed by atoms with E-state index in [2.05, 4.69) is 5.32 Å². The maximum atomic E-state index is 12.3. The van der Waals surface area contributed by atoms with Crippen molar-refractivity contribution in [1.82, 2.24) is 9.78 Å². The number of nitrogens with one attached hydrogen (secondary N) is 1. The first-order valence-electron chi connectivity index (χ1n) is 10.3. The van der Waals surface area contributed by atoms with Crippen LogP contribution in [0.5, 0.6) is 11.5 Å². The highest BCUT2D eigenvalue weighted by Crippen LogP contribution is 2.37. The first-order chi connectivity index (χ1) is 15.2. The van der Waals surface area contributed by atoms with Crippen LogP contribution in [0, 0.1) is 0 Å². The number of benzene rings is 3. The number of nitrogens with two attached hydrogens (primary N) is 1. The van der Waals surface area contributed by atoms with Crippen molar-refractivity contribution in [1.29, 1.82) is 0 Å². The molecule has 6 nitrogen and oxygen atoms in total. The lowest BCUT2D eigenvalue weighted by Crippen LogP contribution is -2.21. The maximum Gasteiger partial charge on any atom is 0.254 e. The Kier molecular flexibility index (Phi) is 4.88. The van der Waals surface area contributed by atoms with E-state index in [0.29, 0.717) is 17.1 Å². The van der Waals surface area contributed by atoms with Crippen LogP contribution in [0.15, 0.2) is 78.9 Å². The van der Waals surface area contributed by atoms with Gasteiger partial charge in [-0.05, 0) is 41.8 Å². The minimum Gasteiger partial charge on any atom is -0.457 e. The van der Waals surface area contributed by atoms with E-state index in [4.69, 9.17) is 15.6 Å². The van der Waals surface area contributed by atoms with Gasteiger partial charge in [0.25, 0.3) is 5.91 Å². The number of para-hydroxylation sites is 1. The predicted octanol–water partition coefficient (Wildman–Crippen LogP) is 4.92. The second-order valence-electron chi connectivity index (χ2n) is 7.43. The molecule has 1 amide bonds. The van der Waals surface area contributed by atoms with Gasteiger partial charge in [0.1, 0.15) is 28.6 Å². The molecule has 0 spiro atoms. The third-order valence-electron chi connectivity index (χ3n) is 5.36. The third kappa shape index (κ3) is 3.64. The molecule has 1 aliphatic heterocycles. The van der Waals surface area contributed by atoms with Crippen LogP contribution in [-0.4, -0.2) is 22.2 Å². The van der Waals surface area contributed by atoms with Gasteiger partial charge in [-0.2, -0.15) is 5.10 Å². The number of nitrogens with zero attached hydrogens (tertiary/aromatic N) is 2. The fraction of sp³-hybridized carbons (Fsp3) is 0.120. The van der Waals surface area contributed by atoms with Crippen LogP contribution in [-0.2, 0) is 6.54 Å². The Bertz CT molecular complexity index is 1230. The summed E-state index contributed by atoms with van der Waals surface area (Å²) in [5, 5.41) is 8.01. The summed E-state index contributed by atoms with van der Waals surface area (Å²) in [5.41, 5.74) is 9.66. The molecule has 154 valence electrons. The molecule has 5 rings (SSSR count). The number of rotatable bonds is 5. The number of carbonyl (C=O) groups is 1. The molecule has 31 heavy (non-hydrogen) atoms. The molecular formula is C25H22N4O2. The summed E-state index contributed by atoms with van der Waals surface area (Å²) >= 11 is 0. The Labute approximate surface area is 180 Å². The van der Waals surface area contributed by atoms with Gasteiger partial charge >= 0.3 is 0 Å². The molecule has 0 saturated heterocycles. The van der Waals surface area contributed by atoms with Crippen LogP contribution in [0.3, 0.4) is 0 Å². The molecule has 2 heterocycles. The van der Waals surface area contributed by atoms with Crippen molar-refractivity contribution < 1.29 is 9.53 Å². The Morgan fingerprint density at radius 1 is 0.903 bits per heavy atom. The fourth-order valence-electron chi connectivity index (χ4n) is 3.93. The predicted molar refractivity (Wildman–Crippen MR) is 121 cm³/mol. The third-order valence-corrected chi connectivity index (χ3v) is 5.36. The Balaban J connectivity index is 1.54. The summed E-state index contributed by atoms with van der Waals surface area (Å²) in [7, 11) is 0. The van der Waals surface area contributed by atoms with E-state index >= 15 is 0 Å². The van der Waals surface area contributed by atoms with Gasteiger partial charge in [-0.15, -0.1) is 0 Å². The van der Waals surface area contributed by atoms with E-state index in [9.17, 15) is 4.79 Å². The number of ether oxygens (including phenoxy) is 1. The monoisotopic (exact) mass is 410 g/mol. The van der Waals surface area contributed by atoms with Gasteiger partial charge in [0.15, 0.2) is 0 Å². The normalized spacial score (nSPS) is 12.6. The van der Waals surface area contributed by atoms with E-state index in [1.165, 1.54) is 0 Å². The first-order valence-corrected chi connectivity index (χ1v) is 10.3. The Hall–Kier alpha value is -4.06. The molecule has 1 aromatic heterocycles. The number of carbonyl (C=O) groups excluding carboxylic acids is 1. The van der Waals surface area contributed by atoms with E-state index in [0.717, 1.165) is 47.7 Å². The Morgan fingerprint density at radius 2 is 1.58 bits per heavy atom. The second kappa shape index (κ2) is 7.99. The summed E-state index contributed by atoms with van der Waals surface area (Å²) in [6.07, 6.45) is 0.955. The van der Waals surface area contributed by atoms with Crippen molar-refractivity contribution in [2.75, 3.05) is 11.9 Å². The molecule has 6 heteroatoms. The maximum absolute atomic E-state index is 12.3. The van der Waals surface area contributed by atoms with Gasteiger partial charge in [0.2, 0.25) is 0 Å². The number of hydrogen-bond acceptors (Lipinski definition) is 4. The number of hydrogen-bond donors (Lipinski definition) is 2. The molecule has 0 unspecified atom stereocenters. The minimum absolute atomic E-state index is 0.441. The summed E-state index contributed by atoms with van der Waals surface area (Å²) in [6, 6.07) is 25.5. The molecule has 1 aliphatic rings. The van der Waals surface area contributed by atoms with Crippen LogP contribution >= 0.6 is 0 Å². The zero-order valence-corrected chi connectivity index (χ0v) is 16.9. The SMILES string of the molecule is NC(=O)c1c(-c2ccccc2-c2ccc(Oc3ccccc3)cc2)nn2c1NCCC2. The number of amides is 1. The lowest BCUT2D eigenvalue weighted by Gasteiger charge is -2.15. The number of anilines is 1. The number of fused-ring (bicyclic) bond motifs is 1. The van der Waals surface area contributed by atoms with E-state index in [1.54, 1.807) is 0 Å². The average molecular weight is 410 g/mol. The molecule has 0 bridgehead atoms. The van der Waals surface area contributed by atoms with Gasteiger partial charge in [0.05, 0.1) is 0 Å². The standard InChI is InChI=1S/C25H22N4O2/c26-24(30)22-23(28-29-16-6-15-27-25(22)29)21-10-5-4-9-20(21)17-11-13-19(14-12-17)31-18-7-2-1-3-8-18/h1-5,7-14,27H,6,15-16H2,(H2,26,30). The highest BCUT2D eigenvalue weighted by Gasteiger charge is 2.26. The highest BCUT2D eigenvalue weighted by atomic mass is 16.5. The molecule has 3 aromatic carbocycles. The van der Waals surface area contributed by atoms with Crippen molar-refractivity contribution >= 4 is 11.7 Å². The summed E-state index contributed by atoms with van der Waals surface area (Å²) in [4.78, 5) is 12.3. The van der Waals surface area contributed by atoms with Crippen molar-refractivity contribution in [3.8, 4) is 33.9 Å². The van der Waals surface area contributed by atoms with E-state index in [1.807, 2.05) is 83.5 Å².